The molecular weight excluding hydrogens is 254 g/mol. The van der Waals surface area contributed by atoms with Crippen molar-refractivity contribution in [3.05, 3.63) is 30.3 Å². The van der Waals surface area contributed by atoms with Crippen LogP contribution >= 0.6 is 0 Å². The summed E-state index contributed by atoms with van der Waals surface area (Å²) in [5.74, 6) is -0.146. The van der Waals surface area contributed by atoms with Crippen LogP contribution < -0.4 is 10.2 Å². The average molecular weight is 275 g/mol. The summed E-state index contributed by atoms with van der Waals surface area (Å²) in [6.45, 7) is 2.84. The van der Waals surface area contributed by atoms with E-state index in [0.717, 1.165) is 5.69 Å². The lowest BCUT2D eigenvalue weighted by atomic mass is 10.2. The van der Waals surface area contributed by atoms with Crippen molar-refractivity contribution in [2.75, 3.05) is 24.5 Å². The van der Waals surface area contributed by atoms with Crippen LogP contribution in [0.5, 0.6) is 0 Å². The highest BCUT2D eigenvalue weighted by atomic mass is 16.3. The molecule has 1 rings (SSSR count). The van der Waals surface area contributed by atoms with Crippen molar-refractivity contribution < 1.29 is 9.90 Å². The number of rotatable bonds is 8. The number of aliphatic hydroxyl groups excluding tert-OH is 1. The number of nitrogens with one attached hydrogen (secondary N) is 1. The van der Waals surface area contributed by atoms with E-state index in [4.69, 9.17) is 5.26 Å². The lowest BCUT2D eigenvalue weighted by Gasteiger charge is -2.26. The number of hydrogen-bond donors (Lipinski definition) is 2. The molecule has 1 aromatic rings. The van der Waals surface area contributed by atoms with Crippen LogP contribution in [0.2, 0.25) is 0 Å². The minimum Gasteiger partial charge on any atom is -0.391 e. The Bertz CT molecular complexity index is 442. The van der Waals surface area contributed by atoms with Gasteiger partial charge in [0.2, 0.25) is 5.91 Å². The lowest BCUT2D eigenvalue weighted by Crippen LogP contribution is -2.41. The minimum absolute atomic E-state index is 0.146. The topological polar surface area (TPSA) is 76.4 Å². The first kappa shape index (κ1) is 16.0. The summed E-state index contributed by atoms with van der Waals surface area (Å²) < 4.78 is 0. The summed E-state index contributed by atoms with van der Waals surface area (Å²) in [4.78, 5) is 13.7. The van der Waals surface area contributed by atoms with Crippen LogP contribution in [-0.4, -0.2) is 36.8 Å². The van der Waals surface area contributed by atoms with Crippen LogP contribution in [0.25, 0.3) is 0 Å². The molecule has 0 heterocycles. The molecule has 0 radical (unpaired) electrons. The highest BCUT2D eigenvalue weighted by molar-refractivity contribution is 5.81. The molecule has 0 aliphatic heterocycles. The standard InChI is InChI=1S/C15H21N3O2/c1-2-14(19)11-18(13-7-4-3-5-8-13)12-15(20)17-10-6-9-16/h3-5,7-8,14,19H,2,6,10-12H2,1H3,(H,17,20). The Balaban J connectivity index is 2.64. The summed E-state index contributed by atoms with van der Waals surface area (Å²) in [7, 11) is 0. The van der Waals surface area contributed by atoms with Crippen LogP contribution in [0.3, 0.4) is 0 Å². The normalized spacial score (nSPS) is 11.4. The monoisotopic (exact) mass is 275 g/mol. The number of carbonyl (C=O) groups excluding carboxylic acids is 1. The fourth-order valence-electron chi connectivity index (χ4n) is 1.77. The third kappa shape index (κ3) is 5.72. The van der Waals surface area contributed by atoms with Crippen LogP contribution in [0, 0.1) is 11.3 Å². The molecule has 1 unspecified atom stereocenters. The van der Waals surface area contributed by atoms with Crippen molar-refractivity contribution in [3.63, 3.8) is 0 Å². The van der Waals surface area contributed by atoms with Gasteiger partial charge in [0.25, 0.3) is 0 Å². The molecule has 5 nitrogen and oxygen atoms in total. The van der Waals surface area contributed by atoms with E-state index >= 15 is 0 Å². The molecule has 108 valence electrons. The summed E-state index contributed by atoms with van der Waals surface area (Å²) in [5, 5.41) is 20.9. The largest absolute Gasteiger partial charge is 0.391 e. The molecule has 0 aliphatic rings. The fourth-order valence-corrected chi connectivity index (χ4v) is 1.77. The van der Waals surface area contributed by atoms with Gasteiger partial charge in [-0.1, -0.05) is 25.1 Å². The van der Waals surface area contributed by atoms with Crippen molar-refractivity contribution >= 4 is 11.6 Å². The molecule has 0 saturated carbocycles. The first-order valence-electron chi connectivity index (χ1n) is 6.79. The highest BCUT2D eigenvalue weighted by Gasteiger charge is 2.14. The Hall–Kier alpha value is -2.06. The molecule has 0 aromatic heterocycles. The maximum atomic E-state index is 11.8. The van der Waals surface area contributed by atoms with E-state index in [9.17, 15) is 9.90 Å². The number of aliphatic hydroxyl groups is 1. The van der Waals surface area contributed by atoms with Crippen molar-refractivity contribution in [1.29, 1.82) is 5.26 Å². The van der Waals surface area contributed by atoms with Gasteiger partial charge in [0.1, 0.15) is 0 Å². The van der Waals surface area contributed by atoms with Gasteiger partial charge in [0.15, 0.2) is 0 Å². The van der Waals surface area contributed by atoms with Crippen molar-refractivity contribution in [2.45, 2.75) is 25.9 Å². The zero-order chi connectivity index (χ0) is 14.8. The number of para-hydroxylation sites is 1. The molecule has 0 aliphatic carbocycles. The summed E-state index contributed by atoms with van der Waals surface area (Å²) in [6.07, 6.45) is 0.468. The third-order valence-corrected chi connectivity index (χ3v) is 2.92. The molecule has 1 aromatic carbocycles. The van der Waals surface area contributed by atoms with Crippen molar-refractivity contribution in [2.24, 2.45) is 0 Å². The van der Waals surface area contributed by atoms with E-state index in [1.54, 1.807) is 0 Å². The maximum absolute atomic E-state index is 11.8. The van der Waals surface area contributed by atoms with E-state index < -0.39 is 6.10 Å². The second-order valence-electron chi connectivity index (χ2n) is 4.54. The highest BCUT2D eigenvalue weighted by Crippen LogP contribution is 2.13. The van der Waals surface area contributed by atoms with Gasteiger partial charge in [-0.3, -0.25) is 4.79 Å². The first-order chi connectivity index (χ1) is 9.67. The number of nitriles is 1. The van der Waals surface area contributed by atoms with Gasteiger partial charge in [-0.05, 0) is 18.6 Å². The molecule has 20 heavy (non-hydrogen) atoms. The molecule has 0 bridgehead atoms. The van der Waals surface area contributed by atoms with E-state index in [-0.39, 0.29) is 12.5 Å². The number of benzene rings is 1. The van der Waals surface area contributed by atoms with Gasteiger partial charge in [0, 0.05) is 18.8 Å². The second kappa shape index (κ2) is 8.94. The molecule has 0 fully saturated rings. The van der Waals surface area contributed by atoms with Crippen molar-refractivity contribution in [3.8, 4) is 6.07 Å². The van der Waals surface area contributed by atoms with Gasteiger partial charge in [-0.25, -0.2) is 0 Å². The van der Waals surface area contributed by atoms with Gasteiger partial charge in [0.05, 0.1) is 25.1 Å². The maximum Gasteiger partial charge on any atom is 0.239 e. The Morgan fingerprint density at radius 2 is 2.15 bits per heavy atom. The Labute approximate surface area is 119 Å². The van der Waals surface area contributed by atoms with Crippen molar-refractivity contribution in [1.82, 2.24) is 5.32 Å². The quantitative estimate of drug-likeness (QED) is 0.701. The van der Waals surface area contributed by atoms with Gasteiger partial charge in [-0.2, -0.15) is 5.26 Å². The molecular formula is C15H21N3O2. The lowest BCUT2D eigenvalue weighted by molar-refractivity contribution is -0.119. The zero-order valence-corrected chi connectivity index (χ0v) is 11.7. The summed E-state index contributed by atoms with van der Waals surface area (Å²) in [6, 6.07) is 11.5. The molecule has 2 N–H and O–H groups in total. The number of amides is 1. The average Bonchev–Trinajstić information content (AvgIpc) is 2.47. The van der Waals surface area contributed by atoms with Crippen LogP contribution in [-0.2, 0) is 4.79 Å². The second-order valence-corrected chi connectivity index (χ2v) is 4.54. The molecule has 0 spiro atoms. The number of hydrogen-bond acceptors (Lipinski definition) is 4. The fraction of sp³-hybridized carbons (Fsp3) is 0.467. The number of nitrogens with zero attached hydrogens (tertiary/aromatic N) is 2. The van der Waals surface area contributed by atoms with E-state index in [0.29, 0.717) is 25.9 Å². The van der Waals surface area contributed by atoms with E-state index in [2.05, 4.69) is 5.32 Å². The number of carbonyl (C=O) groups is 1. The van der Waals surface area contributed by atoms with Gasteiger partial charge >= 0.3 is 0 Å². The van der Waals surface area contributed by atoms with Gasteiger partial charge < -0.3 is 15.3 Å². The summed E-state index contributed by atoms with van der Waals surface area (Å²) >= 11 is 0. The number of anilines is 1. The van der Waals surface area contributed by atoms with E-state index in [1.165, 1.54) is 0 Å². The Morgan fingerprint density at radius 3 is 2.75 bits per heavy atom. The first-order valence-corrected chi connectivity index (χ1v) is 6.79. The Morgan fingerprint density at radius 1 is 1.45 bits per heavy atom. The summed E-state index contributed by atoms with van der Waals surface area (Å²) in [5.41, 5.74) is 0.899. The van der Waals surface area contributed by atoms with Crippen LogP contribution in [0.4, 0.5) is 5.69 Å². The molecule has 1 atom stereocenters. The van der Waals surface area contributed by atoms with Gasteiger partial charge in [-0.15, -0.1) is 0 Å². The molecule has 1 amide bonds. The molecule has 5 heteroatoms. The van der Waals surface area contributed by atoms with Crippen LogP contribution in [0.15, 0.2) is 30.3 Å². The predicted molar refractivity (Wildman–Crippen MR) is 78.2 cm³/mol. The molecule has 0 saturated heterocycles. The smallest absolute Gasteiger partial charge is 0.239 e. The minimum atomic E-state index is -0.470. The predicted octanol–water partition coefficient (Wildman–Crippen LogP) is 1.29. The zero-order valence-electron chi connectivity index (χ0n) is 11.7. The van der Waals surface area contributed by atoms with E-state index in [1.807, 2.05) is 48.2 Å². The van der Waals surface area contributed by atoms with Crippen LogP contribution in [0.1, 0.15) is 19.8 Å². The Kier molecular flexibility index (Phi) is 7.15. The SMILES string of the molecule is CCC(O)CN(CC(=O)NCCC#N)c1ccccc1. The third-order valence-electron chi connectivity index (χ3n) is 2.92.